The van der Waals surface area contributed by atoms with Crippen molar-refractivity contribution in [3.8, 4) is 0 Å². The van der Waals surface area contributed by atoms with E-state index in [0.29, 0.717) is 5.02 Å². The molecular weight excluding hydrogens is 208 g/mol. The Morgan fingerprint density at radius 2 is 2.36 bits per heavy atom. The van der Waals surface area contributed by atoms with E-state index < -0.39 is 5.97 Å². The maximum Gasteiger partial charge on any atom is 0.343 e. The lowest BCUT2D eigenvalue weighted by atomic mass is 10.3. The summed E-state index contributed by atoms with van der Waals surface area (Å²) >= 11 is 5.65. The Morgan fingerprint density at radius 1 is 1.64 bits per heavy atom. The maximum absolute atomic E-state index is 10.8. The average Bonchev–Trinajstić information content (AvgIpc) is 2.39. The van der Waals surface area contributed by atoms with Gasteiger partial charge in [0.05, 0.1) is 11.2 Å². The van der Waals surface area contributed by atoms with Crippen molar-refractivity contribution in [3.63, 3.8) is 0 Å². The van der Waals surface area contributed by atoms with Gasteiger partial charge in [0.1, 0.15) is 5.56 Å². The highest BCUT2D eigenvalue weighted by Crippen LogP contribution is 2.17. The molecule has 2 aromatic heterocycles. The molecule has 0 fully saturated rings. The molecule has 0 aliphatic rings. The molecule has 7 heteroatoms. The zero-order chi connectivity index (χ0) is 10.3. The van der Waals surface area contributed by atoms with Crippen LogP contribution in [0.2, 0.25) is 5.02 Å². The van der Waals surface area contributed by atoms with Crippen LogP contribution >= 0.6 is 11.6 Å². The molecule has 0 saturated heterocycles. The van der Waals surface area contributed by atoms with E-state index in [4.69, 9.17) is 22.4 Å². The second kappa shape index (κ2) is 2.85. The summed E-state index contributed by atoms with van der Waals surface area (Å²) in [6.45, 7) is 0. The highest BCUT2D eigenvalue weighted by atomic mass is 35.5. The second-order valence-electron chi connectivity index (χ2n) is 2.61. The number of nitrogens with two attached hydrogens (primary N) is 1. The van der Waals surface area contributed by atoms with Crippen LogP contribution in [0.1, 0.15) is 10.4 Å². The molecule has 0 atom stereocenters. The van der Waals surface area contributed by atoms with Crippen molar-refractivity contribution in [2.24, 2.45) is 0 Å². The number of hydrogen-bond donors (Lipinski definition) is 2. The second-order valence-corrected chi connectivity index (χ2v) is 3.04. The SMILES string of the molecule is Nc1nn2cc(Cl)cnc2c1C(=O)O. The number of anilines is 1. The lowest BCUT2D eigenvalue weighted by molar-refractivity contribution is 0.0700. The number of fused-ring (bicyclic) bond motifs is 1. The van der Waals surface area contributed by atoms with Crippen molar-refractivity contribution in [3.05, 3.63) is 23.0 Å². The number of rotatable bonds is 1. The molecule has 0 aliphatic heterocycles. The molecule has 0 radical (unpaired) electrons. The standard InChI is InChI=1S/C7H5ClN4O2/c8-3-1-10-6-4(7(13)14)5(9)11-12(6)2-3/h1-2H,(H2,9,11)(H,13,14). The van der Waals surface area contributed by atoms with Gasteiger partial charge in [0.15, 0.2) is 11.5 Å². The number of aromatic carboxylic acids is 1. The van der Waals surface area contributed by atoms with Gasteiger partial charge in [-0.05, 0) is 0 Å². The van der Waals surface area contributed by atoms with Gasteiger partial charge in [-0.2, -0.15) is 0 Å². The molecule has 72 valence electrons. The van der Waals surface area contributed by atoms with Crippen LogP contribution < -0.4 is 5.73 Å². The third-order valence-electron chi connectivity index (χ3n) is 1.68. The van der Waals surface area contributed by atoms with Crippen molar-refractivity contribution in [2.75, 3.05) is 5.73 Å². The largest absolute Gasteiger partial charge is 0.477 e. The normalized spacial score (nSPS) is 10.6. The lowest BCUT2D eigenvalue weighted by Crippen LogP contribution is -2.00. The molecule has 3 N–H and O–H groups in total. The number of halogens is 1. The van der Waals surface area contributed by atoms with Crippen LogP contribution in [0.4, 0.5) is 5.82 Å². The Labute approximate surface area is 82.9 Å². The van der Waals surface area contributed by atoms with Crippen LogP contribution in [0, 0.1) is 0 Å². The first kappa shape index (κ1) is 8.76. The number of nitrogen functional groups attached to an aromatic ring is 1. The highest BCUT2D eigenvalue weighted by molar-refractivity contribution is 6.30. The molecule has 0 amide bonds. The van der Waals surface area contributed by atoms with Crippen LogP contribution in [-0.2, 0) is 0 Å². The fourth-order valence-electron chi connectivity index (χ4n) is 1.13. The Balaban J connectivity index is 2.84. The van der Waals surface area contributed by atoms with Crippen molar-refractivity contribution in [2.45, 2.75) is 0 Å². The maximum atomic E-state index is 10.8. The fraction of sp³-hybridized carbons (Fsp3) is 0. The van der Waals surface area contributed by atoms with Gasteiger partial charge in [0.2, 0.25) is 0 Å². The third-order valence-corrected chi connectivity index (χ3v) is 1.88. The average molecular weight is 213 g/mol. The van der Waals surface area contributed by atoms with Crippen molar-refractivity contribution < 1.29 is 9.90 Å². The molecule has 2 heterocycles. The Bertz CT molecular complexity index is 522. The number of carboxylic acids is 1. The monoisotopic (exact) mass is 212 g/mol. The molecule has 0 spiro atoms. The smallest absolute Gasteiger partial charge is 0.343 e. The molecule has 2 aromatic rings. The summed E-state index contributed by atoms with van der Waals surface area (Å²) < 4.78 is 1.24. The molecule has 2 rings (SSSR count). The van der Waals surface area contributed by atoms with Crippen LogP contribution in [0.15, 0.2) is 12.4 Å². The molecule has 6 nitrogen and oxygen atoms in total. The topological polar surface area (TPSA) is 93.5 Å². The van der Waals surface area contributed by atoms with E-state index in [1.165, 1.54) is 16.9 Å². The van der Waals surface area contributed by atoms with E-state index in [1.54, 1.807) is 0 Å². The van der Waals surface area contributed by atoms with Crippen LogP contribution in [0.3, 0.4) is 0 Å². The number of nitrogens with zero attached hydrogens (tertiary/aromatic N) is 3. The van der Waals surface area contributed by atoms with Gasteiger partial charge in [0, 0.05) is 6.20 Å². The Kier molecular flexibility index (Phi) is 1.78. The quantitative estimate of drug-likeness (QED) is 0.724. The van der Waals surface area contributed by atoms with Crippen molar-refractivity contribution in [1.82, 2.24) is 14.6 Å². The van der Waals surface area contributed by atoms with Gasteiger partial charge < -0.3 is 10.8 Å². The van der Waals surface area contributed by atoms with Crippen molar-refractivity contribution in [1.29, 1.82) is 0 Å². The van der Waals surface area contributed by atoms with E-state index in [1.807, 2.05) is 0 Å². The minimum Gasteiger partial charge on any atom is -0.477 e. The molecule has 0 saturated carbocycles. The number of aromatic nitrogens is 3. The van der Waals surface area contributed by atoms with E-state index in [9.17, 15) is 4.79 Å². The van der Waals surface area contributed by atoms with Gasteiger partial charge >= 0.3 is 5.97 Å². The van der Waals surface area contributed by atoms with Gasteiger partial charge in [-0.3, -0.25) is 0 Å². The fourth-order valence-corrected chi connectivity index (χ4v) is 1.28. The zero-order valence-corrected chi connectivity index (χ0v) is 7.56. The number of carboxylic acid groups (broad SMARTS) is 1. The predicted molar refractivity (Wildman–Crippen MR) is 49.4 cm³/mol. The van der Waals surface area contributed by atoms with E-state index in [0.717, 1.165) is 0 Å². The zero-order valence-electron chi connectivity index (χ0n) is 6.81. The molecule has 14 heavy (non-hydrogen) atoms. The molecule has 0 unspecified atom stereocenters. The van der Waals surface area contributed by atoms with Gasteiger partial charge in [-0.25, -0.2) is 14.3 Å². The minimum absolute atomic E-state index is 0.0766. The van der Waals surface area contributed by atoms with Gasteiger partial charge in [-0.15, -0.1) is 5.10 Å². The van der Waals surface area contributed by atoms with E-state index in [-0.39, 0.29) is 17.0 Å². The summed E-state index contributed by atoms with van der Waals surface area (Å²) in [4.78, 5) is 14.6. The lowest BCUT2D eigenvalue weighted by Gasteiger charge is -1.92. The summed E-state index contributed by atoms with van der Waals surface area (Å²) in [6, 6.07) is 0. The molecule has 0 aromatic carbocycles. The van der Waals surface area contributed by atoms with E-state index in [2.05, 4.69) is 10.1 Å². The minimum atomic E-state index is -1.16. The van der Waals surface area contributed by atoms with Crippen molar-refractivity contribution >= 4 is 29.0 Å². The summed E-state index contributed by atoms with van der Waals surface area (Å²) in [5, 5.41) is 12.9. The molecule has 0 bridgehead atoms. The summed E-state index contributed by atoms with van der Waals surface area (Å²) in [7, 11) is 0. The highest BCUT2D eigenvalue weighted by Gasteiger charge is 2.17. The third kappa shape index (κ3) is 1.16. The number of carbonyl (C=O) groups is 1. The predicted octanol–water partition coefficient (Wildman–Crippen LogP) is 0.663. The summed E-state index contributed by atoms with van der Waals surface area (Å²) in [6.07, 6.45) is 2.77. The first-order valence-electron chi connectivity index (χ1n) is 3.62. The number of hydrogen-bond acceptors (Lipinski definition) is 4. The first-order chi connectivity index (χ1) is 6.59. The molecular formula is C7H5ClN4O2. The first-order valence-corrected chi connectivity index (χ1v) is 4.00. The summed E-state index contributed by atoms with van der Waals surface area (Å²) in [5.74, 6) is -1.24. The van der Waals surface area contributed by atoms with Gasteiger partial charge in [0.25, 0.3) is 0 Å². The van der Waals surface area contributed by atoms with Crippen LogP contribution in [-0.4, -0.2) is 25.7 Å². The van der Waals surface area contributed by atoms with Gasteiger partial charge in [-0.1, -0.05) is 11.6 Å². The van der Waals surface area contributed by atoms with Crippen LogP contribution in [0.25, 0.3) is 5.65 Å². The molecule has 0 aliphatic carbocycles. The van der Waals surface area contributed by atoms with Crippen LogP contribution in [0.5, 0.6) is 0 Å². The Hall–Kier alpha value is -1.82. The Morgan fingerprint density at radius 3 is 3.00 bits per heavy atom. The van der Waals surface area contributed by atoms with E-state index >= 15 is 0 Å². The summed E-state index contributed by atoms with van der Waals surface area (Å²) in [5.41, 5.74) is 5.48.